The predicted octanol–water partition coefficient (Wildman–Crippen LogP) is 13.4. The maximum atomic E-state index is 5.62. The van der Waals surface area contributed by atoms with Crippen LogP contribution in [0.3, 0.4) is 0 Å². The molecule has 8 N–H and O–H groups in total. The van der Waals surface area contributed by atoms with E-state index in [1.54, 1.807) is 0 Å². The number of unbranched alkanes of at least 4 members (excludes halogenated alkanes) is 4. The van der Waals surface area contributed by atoms with Crippen molar-refractivity contribution in [3.63, 3.8) is 0 Å². The van der Waals surface area contributed by atoms with Gasteiger partial charge in [-0.2, -0.15) is 4.99 Å². The van der Waals surface area contributed by atoms with Crippen molar-refractivity contribution in [1.29, 1.82) is 0 Å². The Labute approximate surface area is 376 Å². The fourth-order valence-corrected chi connectivity index (χ4v) is 7.19. The average molecular weight is 862 g/mol. The van der Waals surface area contributed by atoms with Crippen LogP contribution >= 0.6 is 36.7 Å². The lowest BCUT2D eigenvalue weighted by Gasteiger charge is -2.22. The van der Waals surface area contributed by atoms with Crippen molar-refractivity contribution in [2.45, 2.75) is 157 Å². The van der Waals surface area contributed by atoms with Crippen LogP contribution in [0.5, 0.6) is 0 Å². The van der Waals surface area contributed by atoms with Crippen LogP contribution < -0.4 is 32.7 Å². The van der Waals surface area contributed by atoms with Crippen molar-refractivity contribution in [1.82, 2.24) is 10.6 Å². The number of rotatable bonds is 19. The average Bonchev–Trinajstić information content (AvgIpc) is 3.18. The lowest BCUT2D eigenvalue weighted by atomic mass is 9.93. The van der Waals surface area contributed by atoms with Gasteiger partial charge in [0, 0.05) is 24.5 Å². The Morgan fingerprint density at radius 3 is 1.05 bits per heavy atom. The number of hydrogen-bond acceptors (Lipinski definition) is 6. The number of benzene rings is 3. The maximum Gasteiger partial charge on any atom is 0.170 e. The Morgan fingerprint density at radius 2 is 0.780 bits per heavy atom. The monoisotopic (exact) mass is 862 g/mol. The van der Waals surface area contributed by atoms with Gasteiger partial charge >= 0.3 is 0 Å². The molecule has 0 aromatic heterocycles. The normalized spacial score (nSPS) is 10.9. The van der Waals surface area contributed by atoms with Crippen LogP contribution in [-0.2, 0) is 0 Å². The first kappa shape index (κ1) is 53.8. The highest BCUT2D eigenvalue weighted by atomic mass is 32.1. The van der Waals surface area contributed by atoms with Gasteiger partial charge in [-0.3, -0.25) is 0 Å². The van der Waals surface area contributed by atoms with Crippen LogP contribution in [0.15, 0.2) is 59.6 Å². The van der Waals surface area contributed by atoms with Crippen molar-refractivity contribution in [2.75, 3.05) is 36.8 Å². The van der Waals surface area contributed by atoms with E-state index in [2.05, 4.69) is 169 Å². The molecule has 0 saturated carbocycles. The molecule has 0 fully saturated rings. The Bertz CT molecular complexity index is 1560. The summed E-state index contributed by atoms with van der Waals surface area (Å²) in [6.07, 6.45) is 6.65. The highest BCUT2D eigenvalue weighted by molar-refractivity contribution is 7.80. The fraction of sp³-hybridized carbons (Fsp3) is 0.571. The number of aliphatic imine (C=N–C) groups is 1. The molecule has 10 heteroatoms. The third kappa shape index (κ3) is 19.8. The molecule has 59 heavy (non-hydrogen) atoms. The van der Waals surface area contributed by atoms with Gasteiger partial charge in [0.2, 0.25) is 0 Å². The van der Waals surface area contributed by atoms with Crippen molar-refractivity contribution in [2.24, 2.45) is 16.5 Å². The van der Waals surface area contributed by atoms with Crippen LogP contribution in [0.2, 0.25) is 0 Å². The van der Waals surface area contributed by atoms with Crippen molar-refractivity contribution >= 4 is 69.1 Å². The van der Waals surface area contributed by atoms with Gasteiger partial charge in [0.15, 0.2) is 10.2 Å². The van der Waals surface area contributed by atoms with Crippen molar-refractivity contribution in [3.05, 3.63) is 88.0 Å². The Hall–Kier alpha value is -3.24. The minimum Gasteiger partial charge on any atom is -0.362 e. The molecule has 328 valence electrons. The Kier molecular flexibility index (Phi) is 27.2. The molecule has 0 bridgehead atoms. The summed E-state index contributed by atoms with van der Waals surface area (Å²) in [5.74, 6) is 2.68. The zero-order valence-corrected chi connectivity index (χ0v) is 41.0. The number of para-hydroxylation sites is 3. The van der Waals surface area contributed by atoms with Crippen LogP contribution in [0.1, 0.15) is 190 Å². The second-order valence-electron chi connectivity index (χ2n) is 17.0. The van der Waals surface area contributed by atoms with E-state index in [9.17, 15) is 0 Å². The van der Waals surface area contributed by atoms with Crippen LogP contribution in [0.4, 0.5) is 17.1 Å². The fourth-order valence-electron chi connectivity index (χ4n) is 6.69. The number of hydrogen-bond donors (Lipinski definition) is 6. The number of nitrogens with one attached hydrogen (secondary N) is 4. The molecule has 0 heterocycles. The van der Waals surface area contributed by atoms with Crippen LogP contribution in [0.25, 0.3) is 0 Å². The number of nitrogens with zero attached hydrogens (tertiary/aromatic N) is 1. The van der Waals surface area contributed by atoms with E-state index in [0.29, 0.717) is 45.7 Å². The molecule has 0 aliphatic rings. The summed E-state index contributed by atoms with van der Waals surface area (Å²) in [6, 6.07) is 19.4. The van der Waals surface area contributed by atoms with Gasteiger partial charge in [-0.15, -0.1) is 0 Å². The third-order valence-electron chi connectivity index (χ3n) is 10.1. The largest absolute Gasteiger partial charge is 0.362 e. The SMILES string of the molecule is CC(C)c1cccc(C(C)C)c1N=C=S.CC(C)c1cccc(C(C)C)c1NC(=S)NCCCCCNC(=S)Nc1c(C(C)C)cccc1C(C)C.NCCCCCN. The summed E-state index contributed by atoms with van der Waals surface area (Å²) in [5.41, 5.74) is 21.5. The first-order chi connectivity index (χ1) is 28.0. The first-order valence-corrected chi connectivity index (χ1v) is 23.2. The summed E-state index contributed by atoms with van der Waals surface area (Å²) >= 11 is 16.0. The number of anilines is 2. The highest BCUT2D eigenvalue weighted by Gasteiger charge is 2.16. The molecule has 0 spiro atoms. The van der Waals surface area contributed by atoms with E-state index < -0.39 is 0 Å². The standard InChI is InChI=1S/C31H48N4S2.C13H17NS.C5H14N2/c1-20(2)24-14-12-15-25(21(3)4)28(24)34-30(36)32-18-10-9-11-19-33-31(37)35-29-26(22(5)6)16-13-17-27(29)23(7)8;1-9(2)11-6-5-7-12(10(3)4)13(11)14-8-15;6-4-2-1-3-5-7/h12-17,20-23H,9-11,18-19H2,1-8H3,(H2,32,34,36)(H2,33,35,37);5-7,9-10H,1-4H3;1-7H2. The molecule has 0 atom stereocenters. The molecule has 0 saturated heterocycles. The molecule has 0 radical (unpaired) electrons. The maximum absolute atomic E-state index is 5.62. The summed E-state index contributed by atoms with van der Waals surface area (Å²) < 4.78 is 0. The zero-order valence-electron chi connectivity index (χ0n) is 38.6. The van der Waals surface area contributed by atoms with Gasteiger partial charge in [0.05, 0.1) is 10.8 Å². The minimum absolute atomic E-state index is 0.438. The number of nitrogens with two attached hydrogens (primary N) is 2. The van der Waals surface area contributed by atoms with Crippen LogP contribution in [-0.4, -0.2) is 41.6 Å². The second kappa shape index (κ2) is 29.9. The molecule has 0 unspecified atom stereocenters. The summed E-state index contributed by atoms with van der Waals surface area (Å²) in [7, 11) is 0. The van der Waals surface area contributed by atoms with E-state index in [0.717, 1.165) is 75.3 Å². The van der Waals surface area contributed by atoms with Gasteiger partial charge in [0.25, 0.3) is 0 Å². The van der Waals surface area contributed by atoms with E-state index in [1.165, 1.54) is 39.8 Å². The van der Waals surface area contributed by atoms with E-state index in [1.807, 2.05) is 0 Å². The lowest BCUT2D eigenvalue weighted by Crippen LogP contribution is -2.31. The van der Waals surface area contributed by atoms with Crippen molar-refractivity contribution < 1.29 is 0 Å². The Morgan fingerprint density at radius 1 is 0.492 bits per heavy atom. The minimum atomic E-state index is 0.438. The molecule has 0 aliphatic carbocycles. The third-order valence-corrected chi connectivity index (χ3v) is 10.6. The highest BCUT2D eigenvalue weighted by Crippen LogP contribution is 2.35. The van der Waals surface area contributed by atoms with Crippen molar-refractivity contribution in [3.8, 4) is 0 Å². The second-order valence-corrected chi connectivity index (χ2v) is 18.0. The van der Waals surface area contributed by atoms with E-state index in [-0.39, 0.29) is 0 Å². The molecule has 3 aromatic rings. The smallest absolute Gasteiger partial charge is 0.170 e. The van der Waals surface area contributed by atoms with Gasteiger partial charge in [0.1, 0.15) is 0 Å². The van der Waals surface area contributed by atoms with Gasteiger partial charge in [-0.1, -0.05) is 144 Å². The van der Waals surface area contributed by atoms with E-state index >= 15 is 0 Å². The van der Waals surface area contributed by atoms with Gasteiger partial charge in [-0.05, 0) is 151 Å². The molecular formula is C49H79N7S3. The Balaban J connectivity index is 0.000000644. The summed E-state index contributed by atoms with van der Waals surface area (Å²) in [6.45, 7) is 29.8. The number of isothiocyanates is 1. The summed E-state index contributed by atoms with van der Waals surface area (Å²) in [5, 5.41) is 17.6. The first-order valence-electron chi connectivity index (χ1n) is 22.0. The molecular weight excluding hydrogens is 783 g/mol. The molecule has 7 nitrogen and oxygen atoms in total. The molecule has 3 rings (SSSR count). The molecule has 0 aliphatic heterocycles. The number of thiocarbonyl (C=S) groups is 3. The van der Waals surface area contributed by atoms with Crippen LogP contribution in [0, 0.1) is 0 Å². The molecule has 3 aromatic carbocycles. The molecule has 0 amide bonds. The quantitative estimate of drug-likeness (QED) is 0.0398. The zero-order chi connectivity index (χ0) is 44.5. The van der Waals surface area contributed by atoms with Gasteiger partial charge in [-0.25, -0.2) is 0 Å². The lowest BCUT2D eigenvalue weighted by molar-refractivity contribution is 0.654. The summed E-state index contributed by atoms with van der Waals surface area (Å²) in [4.78, 5) is 4.21. The van der Waals surface area contributed by atoms with E-state index in [4.69, 9.17) is 48.1 Å². The predicted molar refractivity (Wildman–Crippen MR) is 273 cm³/mol. The topological polar surface area (TPSA) is 113 Å². The van der Waals surface area contributed by atoms with Gasteiger partial charge < -0.3 is 32.7 Å².